The van der Waals surface area contributed by atoms with E-state index in [-0.39, 0.29) is 21.5 Å². The average Bonchev–Trinajstić information content (AvgIpc) is 2.60. The molecule has 0 saturated carbocycles. The molecule has 0 atom stereocenters. The lowest BCUT2D eigenvalue weighted by Crippen LogP contribution is -2.24. The zero-order valence-electron chi connectivity index (χ0n) is 14.3. The highest BCUT2D eigenvalue weighted by molar-refractivity contribution is 7.92. The molecule has 0 fully saturated rings. The molecule has 5 nitrogen and oxygen atoms in total. The molecule has 2 rings (SSSR count). The molecule has 0 aliphatic rings. The number of unbranched alkanes of at least 4 members (excludes halogenated alkanes) is 2. The van der Waals surface area contributed by atoms with Crippen molar-refractivity contribution in [3.63, 3.8) is 0 Å². The summed E-state index contributed by atoms with van der Waals surface area (Å²) in [6.45, 7) is 2.62. The Morgan fingerprint density at radius 1 is 1.12 bits per heavy atom. The van der Waals surface area contributed by atoms with E-state index in [1.807, 2.05) is 0 Å². The maximum Gasteiger partial charge on any atom is 0.261 e. The van der Waals surface area contributed by atoms with E-state index in [4.69, 9.17) is 11.6 Å². The van der Waals surface area contributed by atoms with Gasteiger partial charge in [-0.3, -0.25) is 9.52 Å². The quantitative estimate of drug-likeness (QED) is 0.654. The first kappa shape index (κ1) is 20.2. The van der Waals surface area contributed by atoms with E-state index in [9.17, 15) is 17.6 Å². The summed E-state index contributed by atoms with van der Waals surface area (Å²) in [5, 5.41) is 2.93. The van der Waals surface area contributed by atoms with Crippen LogP contribution in [0, 0.1) is 5.82 Å². The minimum atomic E-state index is -3.95. The van der Waals surface area contributed by atoms with Crippen molar-refractivity contribution in [2.45, 2.75) is 31.1 Å². The van der Waals surface area contributed by atoms with Crippen LogP contribution in [0.2, 0.25) is 5.02 Å². The monoisotopic (exact) mass is 398 g/mol. The summed E-state index contributed by atoms with van der Waals surface area (Å²) < 4.78 is 40.1. The number of hydrogen-bond acceptors (Lipinski definition) is 3. The molecule has 0 unspecified atom stereocenters. The smallest absolute Gasteiger partial charge is 0.261 e. The van der Waals surface area contributed by atoms with Gasteiger partial charge in [-0.25, -0.2) is 12.8 Å². The van der Waals surface area contributed by atoms with Gasteiger partial charge in [0.2, 0.25) is 0 Å². The van der Waals surface area contributed by atoms with Crippen LogP contribution < -0.4 is 10.0 Å². The third-order valence-electron chi connectivity index (χ3n) is 3.66. The number of nitrogens with one attached hydrogen (secondary N) is 2. The van der Waals surface area contributed by atoms with Crippen LogP contribution in [0.4, 0.5) is 10.1 Å². The fourth-order valence-electron chi connectivity index (χ4n) is 2.24. The Morgan fingerprint density at radius 2 is 1.81 bits per heavy atom. The molecular formula is C18H20ClFN2O3S. The molecular weight excluding hydrogens is 379 g/mol. The summed E-state index contributed by atoms with van der Waals surface area (Å²) in [6.07, 6.45) is 2.94. The molecule has 0 spiro atoms. The highest BCUT2D eigenvalue weighted by atomic mass is 35.5. The Morgan fingerprint density at radius 3 is 2.46 bits per heavy atom. The van der Waals surface area contributed by atoms with Gasteiger partial charge in [-0.1, -0.05) is 31.4 Å². The summed E-state index contributed by atoms with van der Waals surface area (Å²) >= 11 is 6.05. The number of hydrogen-bond donors (Lipinski definition) is 2. The van der Waals surface area contributed by atoms with Crippen molar-refractivity contribution in [1.29, 1.82) is 0 Å². The van der Waals surface area contributed by atoms with Gasteiger partial charge in [0.25, 0.3) is 15.9 Å². The van der Waals surface area contributed by atoms with Crippen molar-refractivity contribution in [3.8, 4) is 0 Å². The van der Waals surface area contributed by atoms with Crippen molar-refractivity contribution in [2.75, 3.05) is 11.3 Å². The Kier molecular flexibility index (Phi) is 6.99. The first-order valence-electron chi connectivity index (χ1n) is 8.19. The Bertz CT molecular complexity index is 871. The number of rotatable bonds is 8. The SMILES string of the molecule is CCCCCNC(=O)c1ccc(Cl)c(NS(=O)(=O)c2ccc(F)cc2)c1. The molecule has 0 heterocycles. The number of halogens is 2. The maximum absolute atomic E-state index is 13.0. The van der Waals surface area contributed by atoms with Gasteiger partial charge in [0.05, 0.1) is 15.6 Å². The molecule has 8 heteroatoms. The molecule has 0 aromatic heterocycles. The maximum atomic E-state index is 13.0. The van der Waals surface area contributed by atoms with Crippen LogP contribution in [0.1, 0.15) is 36.5 Å². The van der Waals surface area contributed by atoms with E-state index in [1.165, 1.54) is 18.2 Å². The van der Waals surface area contributed by atoms with Gasteiger partial charge in [-0.15, -0.1) is 0 Å². The zero-order chi connectivity index (χ0) is 19.2. The molecule has 0 radical (unpaired) electrons. The van der Waals surface area contributed by atoms with Crippen LogP contribution in [0.25, 0.3) is 0 Å². The minimum Gasteiger partial charge on any atom is -0.352 e. The molecule has 0 aliphatic heterocycles. The molecule has 0 aliphatic carbocycles. The highest BCUT2D eigenvalue weighted by Gasteiger charge is 2.17. The first-order valence-corrected chi connectivity index (χ1v) is 10.1. The van der Waals surface area contributed by atoms with Gasteiger partial charge in [0, 0.05) is 12.1 Å². The zero-order valence-corrected chi connectivity index (χ0v) is 15.8. The van der Waals surface area contributed by atoms with Gasteiger partial charge >= 0.3 is 0 Å². The molecule has 2 aromatic carbocycles. The fourth-order valence-corrected chi connectivity index (χ4v) is 3.53. The van der Waals surface area contributed by atoms with Crippen LogP contribution in [-0.4, -0.2) is 20.9 Å². The summed E-state index contributed by atoms with van der Waals surface area (Å²) in [7, 11) is -3.95. The second-order valence-corrected chi connectivity index (χ2v) is 7.81. The Hall–Kier alpha value is -2.12. The summed E-state index contributed by atoms with van der Waals surface area (Å²) in [5.74, 6) is -0.844. The summed E-state index contributed by atoms with van der Waals surface area (Å²) in [6, 6.07) is 8.75. The standard InChI is InChI=1S/C18H20ClFN2O3S/c1-2-3-4-11-21-18(23)13-5-10-16(19)17(12-13)22-26(24,25)15-8-6-14(20)7-9-15/h5-10,12,22H,2-4,11H2,1H3,(H,21,23). The van der Waals surface area contributed by atoms with Crippen LogP contribution in [0.5, 0.6) is 0 Å². The van der Waals surface area contributed by atoms with Crippen molar-refractivity contribution in [2.24, 2.45) is 0 Å². The Balaban J connectivity index is 2.16. The molecule has 0 bridgehead atoms. The Labute approximate surface area is 157 Å². The molecule has 140 valence electrons. The number of anilines is 1. The third kappa shape index (κ3) is 5.44. The van der Waals surface area contributed by atoms with Crippen LogP contribution in [-0.2, 0) is 10.0 Å². The normalized spacial score (nSPS) is 11.2. The summed E-state index contributed by atoms with van der Waals surface area (Å²) in [4.78, 5) is 12.1. The second-order valence-electron chi connectivity index (χ2n) is 5.72. The third-order valence-corrected chi connectivity index (χ3v) is 5.37. The van der Waals surface area contributed by atoms with E-state index < -0.39 is 15.8 Å². The van der Waals surface area contributed by atoms with E-state index in [2.05, 4.69) is 17.0 Å². The van der Waals surface area contributed by atoms with Crippen molar-refractivity contribution in [3.05, 3.63) is 58.9 Å². The number of benzene rings is 2. The minimum absolute atomic E-state index is 0.0807. The van der Waals surface area contributed by atoms with E-state index >= 15 is 0 Å². The van der Waals surface area contributed by atoms with Gasteiger partial charge in [-0.05, 0) is 48.9 Å². The van der Waals surface area contributed by atoms with E-state index in [0.717, 1.165) is 43.5 Å². The number of carbonyl (C=O) groups excluding carboxylic acids is 1. The second kappa shape index (κ2) is 9.00. The van der Waals surface area contributed by atoms with Crippen molar-refractivity contribution < 1.29 is 17.6 Å². The number of amides is 1. The lowest BCUT2D eigenvalue weighted by molar-refractivity contribution is 0.0953. The lowest BCUT2D eigenvalue weighted by atomic mass is 10.2. The lowest BCUT2D eigenvalue weighted by Gasteiger charge is -2.12. The van der Waals surface area contributed by atoms with Crippen molar-refractivity contribution >= 4 is 33.2 Å². The van der Waals surface area contributed by atoms with Crippen LogP contribution >= 0.6 is 11.6 Å². The van der Waals surface area contributed by atoms with Crippen LogP contribution in [0.15, 0.2) is 47.4 Å². The largest absolute Gasteiger partial charge is 0.352 e. The molecule has 26 heavy (non-hydrogen) atoms. The average molecular weight is 399 g/mol. The molecule has 0 saturated heterocycles. The fraction of sp³-hybridized carbons (Fsp3) is 0.278. The highest BCUT2D eigenvalue weighted by Crippen LogP contribution is 2.26. The summed E-state index contributed by atoms with van der Waals surface area (Å²) in [5.41, 5.74) is 0.375. The van der Waals surface area contributed by atoms with Crippen molar-refractivity contribution in [1.82, 2.24) is 5.32 Å². The van der Waals surface area contributed by atoms with Crippen LogP contribution in [0.3, 0.4) is 0 Å². The first-order chi connectivity index (χ1) is 12.3. The van der Waals surface area contributed by atoms with Gasteiger partial charge in [0.1, 0.15) is 5.82 Å². The van der Waals surface area contributed by atoms with E-state index in [1.54, 1.807) is 0 Å². The molecule has 2 aromatic rings. The number of carbonyl (C=O) groups is 1. The molecule has 1 amide bonds. The van der Waals surface area contributed by atoms with Gasteiger partial charge in [0.15, 0.2) is 0 Å². The molecule has 2 N–H and O–H groups in total. The topological polar surface area (TPSA) is 75.3 Å². The predicted molar refractivity (Wildman–Crippen MR) is 101 cm³/mol. The predicted octanol–water partition coefficient (Wildman–Crippen LogP) is 4.20. The van der Waals surface area contributed by atoms with Gasteiger partial charge in [-0.2, -0.15) is 0 Å². The number of sulfonamides is 1. The van der Waals surface area contributed by atoms with E-state index in [0.29, 0.717) is 12.1 Å². The van der Waals surface area contributed by atoms with Gasteiger partial charge < -0.3 is 5.32 Å².